The van der Waals surface area contributed by atoms with Gasteiger partial charge in [-0.2, -0.15) is 0 Å². The Hall–Kier alpha value is -1.51. The lowest BCUT2D eigenvalue weighted by molar-refractivity contribution is -0.149. The number of piperidine rings is 1. The molecule has 3 atom stereocenters. The number of benzene rings is 1. The van der Waals surface area contributed by atoms with Crippen molar-refractivity contribution in [1.82, 2.24) is 4.90 Å². The fourth-order valence-electron chi connectivity index (χ4n) is 4.71. The first-order valence-corrected chi connectivity index (χ1v) is 10.9. The number of fused-ring (bicyclic) bond motifs is 3. The van der Waals surface area contributed by atoms with E-state index >= 15 is 4.39 Å². The molecule has 1 aromatic carbocycles. The number of rotatable bonds is 6. The van der Waals surface area contributed by atoms with Crippen LogP contribution in [0.3, 0.4) is 0 Å². The van der Waals surface area contributed by atoms with Crippen LogP contribution in [-0.2, 0) is 11.2 Å². The molecule has 0 spiro atoms. The van der Waals surface area contributed by atoms with Crippen LogP contribution in [0.15, 0.2) is 6.07 Å². The molecule has 3 aliphatic rings. The molecule has 8 heteroatoms. The van der Waals surface area contributed by atoms with Crippen LogP contribution in [0.1, 0.15) is 57.2 Å². The minimum Gasteiger partial charge on any atom is -0.493 e. The molecule has 174 valence electrons. The number of halogens is 3. The molecule has 1 aliphatic carbocycles. The number of nitrogens with zero attached hydrogens (tertiary/aromatic N) is 1. The Labute approximate surface area is 181 Å². The Morgan fingerprint density at radius 2 is 2.00 bits per heavy atom. The first-order chi connectivity index (χ1) is 14.5. The van der Waals surface area contributed by atoms with Crippen LogP contribution in [0.2, 0.25) is 0 Å². The summed E-state index contributed by atoms with van der Waals surface area (Å²) < 4.78 is 58.9. The Morgan fingerprint density at radius 3 is 2.58 bits per heavy atom. The van der Waals surface area contributed by atoms with Gasteiger partial charge in [-0.05, 0) is 63.6 Å². The van der Waals surface area contributed by atoms with Crippen molar-refractivity contribution in [2.24, 2.45) is 5.41 Å². The number of aliphatic hydroxyl groups is 1. The Kier molecular flexibility index (Phi) is 5.94. The van der Waals surface area contributed by atoms with Crippen LogP contribution in [-0.4, -0.2) is 61.0 Å². The Bertz CT molecular complexity index is 822. The van der Waals surface area contributed by atoms with Crippen LogP contribution in [0.5, 0.6) is 11.5 Å². The summed E-state index contributed by atoms with van der Waals surface area (Å²) in [5, 5.41) is 10.7. The quantitative estimate of drug-likeness (QED) is 0.717. The topological polar surface area (TPSA) is 51.2 Å². The zero-order chi connectivity index (χ0) is 22.6. The highest BCUT2D eigenvalue weighted by Gasteiger charge is 2.52. The van der Waals surface area contributed by atoms with Gasteiger partial charge in [0.15, 0.2) is 17.3 Å². The number of ether oxygens (including phenoxy) is 3. The minimum atomic E-state index is -2.49. The maximum Gasteiger partial charge on any atom is 0.247 e. The van der Waals surface area contributed by atoms with Crippen molar-refractivity contribution in [3.05, 3.63) is 23.0 Å². The van der Waals surface area contributed by atoms with Crippen molar-refractivity contribution in [1.29, 1.82) is 0 Å². The van der Waals surface area contributed by atoms with Crippen LogP contribution < -0.4 is 9.47 Å². The van der Waals surface area contributed by atoms with Crippen LogP contribution in [0.4, 0.5) is 13.2 Å². The van der Waals surface area contributed by atoms with Crippen LogP contribution in [0.25, 0.3) is 0 Å². The summed E-state index contributed by atoms with van der Waals surface area (Å²) in [6, 6.07) is 1.58. The summed E-state index contributed by atoms with van der Waals surface area (Å²) in [5.74, 6) is -0.431. The summed E-state index contributed by atoms with van der Waals surface area (Å²) in [6.45, 7) is 6.83. The highest BCUT2D eigenvalue weighted by Crippen LogP contribution is 2.52. The van der Waals surface area contributed by atoms with Crippen molar-refractivity contribution in [2.75, 3.05) is 26.8 Å². The van der Waals surface area contributed by atoms with Gasteiger partial charge < -0.3 is 19.3 Å². The van der Waals surface area contributed by atoms with E-state index in [0.29, 0.717) is 44.3 Å². The molecule has 1 N–H and O–H groups in total. The normalized spacial score (nSPS) is 27.6. The molecule has 2 heterocycles. The van der Waals surface area contributed by atoms with Crippen molar-refractivity contribution in [2.45, 2.75) is 76.7 Å². The number of hydrogen-bond donors (Lipinski definition) is 1. The molecular weight excluding hydrogens is 411 g/mol. The van der Waals surface area contributed by atoms with E-state index in [1.807, 2.05) is 20.8 Å². The van der Waals surface area contributed by atoms with Gasteiger partial charge in [0.05, 0.1) is 36.9 Å². The summed E-state index contributed by atoms with van der Waals surface area (Å²) in [6.07, 6.45) is -1.81. The van der Waals surface area contributed by atoms with Gasteiger partial charge in [-0.15, -0.1) is 0 Å². The third kappa shape index (κ3) is 4.39. The molecule has 0 radical (unpaired) electrons. The summed E-state index contributed by atoms with van der Waals surface area (Å²) in [4.78, 5) is 2.21. The van der Waals surface area contributed by atoms with Crippen molar-refractivity contribution < 1.29 is 32.5 Å². The van der Waals surface area contributed by atoms with E-state index in [1.54, 1.807) is 6.07 Å². The van der Waals surface area contributed by atoms with Crippen molar-refractivity contribution in [3.8, 4) is 11.5 Å². The molecule has 5 nitrogen and oxygen atoms in total. The lowest BCUT2D eigenvalue weighted by atomic mass is 9.84. The molecule has 0 bridgehead atoms. The van der Waals surface area contributed by atoms with E-state index in [1.165, 1.54) is 7.11 Å². The van der Waals surface area contributed by atoms with Gasteiger partial charge in [0.2, 0.25) is 6.43 Å². The Balaban J connectivity index is 1.58. The molecule has 1 saturated carbocycles. The predicted molar refractivity (Wildman–Crippen MR) is 109 cm³/mol. The zero-order valence-corrected chi connectivity index (χ0v) is 18.6. The molecule has 31 heavy (non-hydrogen) atoms. The summed E-state index contributed by atoms with van der Waals surface area (Å²) in [5.41, 5.74) is -0.262. The van der Waals surface area contributed by atoms with Gasteiger partial charge in [0.25, 0.3) is 0 Å². The zero-order valence-electron chi connectivity index (χ0n) is 18.6. The second-order valence-corrected chi connectivity index (χ2v) is 10.1. The molecule has 0 unspecified atom stereocenters. The third-order valence-corrected chi connectivity index (χ3v) is 6.66. The SMILES string of the molecule is COc1cc2c(c(F)c1OCC1(C(F)F)CC1)CCN1C[C@@H](OC(C)(C)C)[C@H](O)C[C@H]21. The first-order valence-electron chi connectivity index (χ1n) is 10.9. The van der Waals surface area contributed by atoms with Gasteiger partial charge in [0.1, 0.15) is 0 Å². The fraction of sp³-hybridized carbons (Fsp3) is 0.739. The van der Waals surface area contributed by atoms with Gasteiger partial charge in [0, 0.05) is 19.1 Å². The Morgan fingerprint density at radius 1 is 1.29 bits per heavy atom. The number of hydrogen-bond acceptors (Lipinski definition) is 5. The van der Waals surface area contributed by atoms with E-state index in [-0.39, 0.29) is 35.9 Å². The smallest absolute Gasteiger partial charge is 0.247 e. The highest BCUT2D eigenvalue weighted by molar-refractivity contribution is 5.51. The molecule has 2 fully saturated rings. The largest absolute Gasteiger partial charge is 0.493 e. The second kappa shape index (κ2) is 8.12. The molecule has 1 aromatic rings. The number of aliphatic hydroxyl groups excluding tert-OH is 1. The van der Waals surface area contributed by atoms with Crippen molar-refractivity contribution >= 4 is 0 Å². The monoisotopic (exact) mass is 443 g/mol. The van der Waals surface area contributed by atoms with Crippen molar-refractivity contribution in [3.63, 3.8) is 0 Å². The van der Waals surface area contributed by atoms with Gasteiger partial charge in [-0.3, -0.25) is 4.90 Å². The number of methoxy groups -OCH3 is 1. The molecule has 0 amide bonds. The summed E-state index contributed by atoms with van der Waals surface area (Å²) in [7, 11) is 1.41. The average Bonchev–Trinajstić information content (AvgIpc) is 3.48. The third-order valence-electron chi connectivity index (χ3n) is 6.66. The van der Waals surface area contributed by atoms with Crippen LogP contribution in [0, 0.1) is 11.2 Å². The van der Waals surface area contributed by atoms with E-state index in [2.05, 4.69) is 4.90 Å². The van der Waals surface area contributed by atoms with E-state index in [0.717, 1.165) is 5.56 Å². The highest BCUT2D eigenvalue weighted by atomic mass is 19.3. The predicted octanol–water partition coefficient (Wildman–Crippen LogP) is 4.11. The lowest BCUT2D eigenvalue weighted by Crippen LogP contribution is -2.53. The average molecular weight is 444 g/mol. The van der Waals surface area contributed by atoms with E-state index in [9.17, 15) is 13.9 Å². The molecule has 0 aromatic heterocycles. The van der Waals surface area contributed by atoms with Gasteiger partial charge >= 0.3 is 0 Å². The lowest BCUT2D eigenvalue weighted by Gasteiger charge is -2.47. The van der Waals surface area contributed by atoms with E-state index < -0.39 is 23.8 Å². The maximum absolute atomic E-state index is 15.5. The van der Waals surface area contributed by atoms with Gasteiger partial charge in [-0.1, -0.05) is 0 Å². The standard InChI is InChI=1S/C23H32F3NO4/c1-22(2,3)31-18-11-27-8-5-13-14(15(27)10-16(18)28)9-17(29-4)20(19(13)24)30-12-23(6-7-23)21(25)26/h9,15-16,18,21,28H,5-8,10-12H2,1-4H3/t15-,16-,18-/m1/s1. The number of alkyl halides is 2. The minimum absolute atomic E-state index is 0.0908. The molecule has 2 aliphatic heterocycles. The molecule has 1 saturated heterocycles. The maximum atomic E-state index is 15.5. The molecule has 4 rings (SSSR count). The molecular formula is C23H32F3NO4. The first kappa shape index (κ1) is 22.7. The van der Waals surface area contributed by atoms with E-state index in [4.69, 9.17) is 14.2 Å². The van der Waals surface area contributed by atoms with Crippen LogP contribution >= 0.6 is 0 Å². The summed E-state index contributed by atoms with van der Waals surface area (Å²) >= 11 is 0. The fourth-order valence-corrected chi connectivity index (χ4v) is 4.71. The van der Waals surface area contributed by atoms with Gasteiger partial charge in [-0.25, -0.2) is 13.2 Å². The second-order valence-electron chi connectivity index (χ2n) is 10.1.